The van der Waals surface area contributed by atoms with E-state index in [0.717, 1.165) is 16.5 Å². The molecule has 9 heavy (non-hydrogen) atoms. The van der Waals surface area contributed by atoms with Crippen LogP contribution in [-0.4, -0.2) is 0 Å². The lowest BCUT2D eigenvalue weighted by atomic mass is 10.2. The van der Waals surface area contributed by atoms with E-state index in [9.17, 15) is 0 Å². The maximum Gasteiger partial charge on any atom is 0.0103 e. The third-order valence-electron chi connectivity index (χ3n) is 0.954. The van der Waals surface area contributed by atoms with Crippen LogP contribution in [0.15, 0.2) is 35.4 Å². The van der Waals surface area contributed by atoms with E-state index in [1.165, 1.54) is 0 Å². The zero-order chi connectivity index (χ0) is 7.28. The van der Waals surface area contributed by atoms with Crippen molar-refractivity contribution in [1.82, 2.24) is 0 Å². The van der Waals surface area contributed by atoms with Crippen molar-refractivity contribution >= 4 is 15.9 Å². The minimum atomic E-state index is 0.886. The predicted octanol–water partition coefficient (Wildman–Crippen LogP) is 3.42. The van der Waals surface area contributed by atoms with Crippen LogP contribution in [0.25, 0.3) is 0 Å². The minimum absolute atomic E-state index is 0.886. The molecule has 0 bridgehead atoms. The van der Waals surface area contributed by atoms with Crippen LogP contribution in [0.1, 0.15) is 13.3 Å². The molecule has 50 valence electrons. The summed E-state index contributed by atoms with van der Waals surface area (Å²) in [4.78, 5) is 0. The van der Waals surface area contributed by atoms with E-state index in [1.54, 1.807) is 0 Å². The van der Waals surface area contributed by atoms with Gasteiger partial charge in [-0.1, -0.05) is 47.7 Å². The van der Waals surface area contributed by atoms with Crippen LogP contribution in [0.4, 0.5) is 0 Å². The highest BCUT2D eigenvalue weighted by atomic mass is 79.9. The van der Waals surface area contributed by atoms with Gasteiger partial charge in [-0.25, -0.2) is 0 Å². The highest BCUT2D eigenvalue weighted by Crippen LogP contribution is 2.05. The van der Waals surface area contributed by atoms with Crippen LogP contribution in [0.2, 0.25) is 0 Å². The second-order valence-electron chi connectivity index (χ2n) is 1.79. The summed E-state index contributed by atoms with van der Waals surface area (Å²) in [6.45, 7) is 9.52. The first-order valence-electron chi connectivity index (χ1n) is 2.87. The molecule has 1 heteroatoms. The van der Waals surface area contributed by atoms with E-state index in [-0.39, 0.29) is 0 Å². The van der Waals surface area contributed by atoms with Gasteiger partial charge >= 0.3 is 0 Å². The summed E-state index contributed by atoms with van der Waals surface area (Å²) in [6.07, 6.45) is 4.85. The maximum atomic E-state index is 3.80. The van der Waals surface area contributed by atoms with Crippen molar-refractivity contribution in [2.24, 2.45) is 0 Å². The van der Waals surface area contributed by atoms with E-state index in [0.29, 0.717) is 0 Å². The van der Waals surface area contributed by atoms with Crippen molar-refractivity contribution in [1.29, 1.82) is 0 Å². The fourth-order valence-electron chi connectivity index (χ4n) is 0.326. The molecule has 0 aromatic rings. The molecule has 0 aliphatic heterocycles. The molecule has 0 heterocycles. The van der Waals surface area contributed by atoms with Gasteiger partial charge in [0.25, 0.3) is 0 Å². The molecule has 0 N–H and O–H groups in total. The number of allylic oxidation sites excluding steroid dienone is 4. The maximum absolute atomic E-state index is 3.80. The molecule has 0 aliphatic carbocycles. The van der Waals surface area contributed by atoms with Crippen LogP contribution < -0.4 is 0 Å². The van der Waals surface area contributed by atoms with Crippen LogP contribution in [0.3, 0.4) is 0 Å². The van der Waals surface area contributed by atoms with Crippen molar-refractivity contribution in [3.63, 3.8) is 0 Å². The van der Waals surface area contributed by atoms with Crippen molar-refractivity contribution in [2.45, 2.75) is 13.3 Å². The molecular weight excluding hydrogens is 176 g/mol. The molecule has 0 saturated heterocycles. The Morgan fingerprint density at radius 1 is 1.44 bits per heavy atom. The average Bonchev–Trinajstić information content (AvgIpc) is 1.83. The highest BCUT2D eigenvalue weighted by Gasteiger charge is 1.80. The van der Waals surface area contributed by atoms with Gasteiger partial charge in [-0.2, -0.15) is 0 Å². The molecule has 0 spiro atoms. The zero-order valence-electron chi connectivity index (χ0n) is 5.65. The summed E-state index contributed by atoms with van der Waals surface area (Å²) >= 11 is 3.21. The van der Waals surface area contributed by atoms with Crippen molar-refractivity contribution in [2.75, 3.05) is 0 Å². The third kappa shape index (κ3) is 5.57. The fourth-order valence-corrected chi connectivity index (χ4v) is 0.458. The number of halogens is 1. The molecule has 0 aromatic carbocycles. The highest BCUT2D eigenvalue weighted by molar-refractivity contribution is 9.11. The Morgan fingerprint density at radius 3 is 2.33 bits per heavy atom. The summed E-state index contributed by atoms with van der Waals surface area (Å²) in [5.41, 5.74) is 1.12. The first kappa shape index (κ1) is 8.70. The SMILES string of the molecule is C=C(Br)/C=C\C(=C)CC. The van der Waals surface area contributed by atoms with Gasteiger partial charge in [-0.05, 0) is 12.5 Å². The smallest absolute Gasteiger partial charge is 0.0103 e. The number of rotatable bonds is 3. The Bertz CT molecular complexity index is 143. The van der Waals surface area contributed by atoms with Gasteiger partial charge < -0.3 is 0 Å². The summed E-state index contributed by atoms with van der Waals surface area (Å²) in [5, 5.41) is 0. The Labute approximate surface area is 65.1 Å². The van der Waals surface area contributed by atoms with Gasteiger partial charge in [0.15, 0.2) is 0 Å². The minimum Gasteiger partial charge on any atom is -0.0958 e. The second kappa shape index (κ2) is 4.57. The van der Waals surface area contributed by atoms with Crippen molar-refractivity contribution < 1.29 is 0 Å². The average molecular weight is 187 g/mol. The monoisotopic (exact) mass is 186 g/mol. The first-order valence-corrected chi connectivity index (χ1v) is 3.66. The Morgan fingerprint density at radius 2 is 2.00 bits per heavy atom. The number of hydrogen-bond donors (Lipinski definition) is 0. The zero-order valence-corrected chi connectivity index (χ0v) is 7.24. The van der Waals surface area contributed by atoms with Gasteiger partial charge in [-0.3, -0.25) is 0 Å². The van der Waals surface area contributed by atoms with E-state index in [2.05, 4.69) is 36.0 Å². The Kier molecular flexibility index (Phi) is 4.41. The van der Waals surface area contributed by atoms with Gasteiger partial charge in [0, 0.05) is 4.48 Å². The predicted molar refractivity (Wildman–Crippen MR) is 46.6 cm³/mol. The van der Waals surface area contributed by atoms with Gasteiger partial charge in [-0.15, -0.1) is 0 Å². The lowest BCUT2D eigenvalue weighted by Crippen LogP contribution is -1.67. The van der Waals surface area contributed by atoms with Crippen LogP contribution >= 0.6 is 15.9 Å². The molecule has 0 radical (unpaired) electrons. The first-order chi connectivity index (χ1) is 4.16. The lowest BCUT2D eigenvalue weighted by Gasteiger charge is -1.88. The molecule has 0 nitrogen and oxygen atoms in total. The lowest BCUT2D eigenvalue weighted by molar-refractivity contribution is 1.16. The molecule has 0 unspecified atom stereocenters. The molecule has 0 rings (SSSR count). The Hall–Kier alpha value is -0.300. The van der Waals surface area contributed by atoms with Gasteiger partial charge in [0.1, 0.15) is 0 Å². The molecule has 0 atom stereocenters. The molecular formula is C8H11Br. The van der Waals surface area contributed by atoms with E-state index >= 15 is 0 Å². The summed E-state index contributed by atoms with van der Waals surface area (Å²) in [7, 11) is 0. The van der Waals surface area contributed by atoms with Crippen molar-refractivity contribution in [3.05, 3.63) is 35.4 Å². The van der Waals surface area contributed by atoms with Crippen molar-refractivity contribution in [3.8, 4) is 0 Å². The Balaban J connectivity index is 3.71. The van der Waals surface area contributed by atoms with E-state index < -0.39 is 0 Å². The molecule has 0 saturated carbocycles. The summed E-state index contributed by atoms with van der Waals surface area (Å²) in [6, 6.07) is 0. The molecule has 0 amide bonds. The topological polar surface area (TPSA) is 0 Å². The van der Waals surface area contributed by atoms with Gasteiger partial charge in [0.05, 0.1) is 0 Å². The van der Waals surface area contributed by atoms with Crippen LogP contribution in [0, 0.1) is 0 Å². The number of hydrogen-bond acceptors (Lipinski definition) is 0. The largest absolute Gasteiger partial charge is 0.0958 e. The third-order valence-corrected chi connectivity index (χ3v) is 1.22. The van der Waals surface area contributed by atoms with E-state index in [1.807, 2.05) is 12.2 Å². The quantitative estimate of drug-likeness (QED) is 0.594. The fraction of sp³-hybridized carbons (Fsp3) is 0.250. The normalized spacial score (nSPS) is 10.0. The molecule has 0 fully saturated rings. The second-order valence-corrected chi connectivity index (χ2v) is 2.81. The standard InChI is InChI=1S/C8H11Br/c1-4-7(2)5-6-8(3)9/h5-6H,2-4H2,1H3/b6-5-. The van der Waals surface area contributed by atoms with E-state index in [4.69, 9.17) is 0 Å². The molecule has 0 aromatic heterocycles. The van der Waals surface area contributed by atoms with Crippen LogP contribution in [0.5, 0.6) is 0 Å². The van der Waals surface area contributed by atoms with Gasteiger partial charge in [0.2, 0.25) is 0 Å². The summed E-state index contributed by atoms with van der Waals surface area (Å²) < 4.78 is 0.886. The van der Waals surface area contributed by atoms with Crippen LogP contribution in [-0.2, 0) is 0 Å². The molecule has 0 aliphatic rings. The summed E-state index contributed by atoms with van der Waals surface area (Å²) in [5.74, 6) is 0.